The van der Waals surface area contributed by atoms with Gasteiger partial charge < -0.3 is 14.7 Å². The zero-order valence-corrected chi connectivity index (χ0v) is 15.7. The van der Waals surface area contributed by atoms with Gasteiger partial charge in [0.25, 0.3) is 0 Å². The number of urea groups is 1. The second kappa shape index (κ2) is 7.98. The van der Waals surface area contributed by atoms with E-state index in [2.05, 4.69) is 15.5 Å². The number of carbonyl (C=O) groups excluding carboxylic acids is 1. The average molecular weight is 401 g/mol. The number of piperidine rings is 1. The molecule has 0 bridgehead atoms. The summed E-state index contributed by atoms with van der Waals surface area (Å²) in [5, 5.41) is 7.49. The molecule has 0 saturated carbocycles. The Balaban J connectivity index is 1.34. The van der Waals surface area contributed by atoms with Gasteiger partial charge in [-0.1, -0.05) is 16.8 Å². The molecule has 6 nitrogen and oxygen atoms in total. The van der Waals surface area contributed by atoms with Crippen LogP contribution in [0.25, 0.3) is 11.4 Å². The number of halogens is 2. The molecule has 0 aliphatic carbocycles. The molecule has 1 fully saturated rings. The molecule has 4 rings (SSSR count). The summed E-state index contributed by atoms with van der Waals surface area (Å²) in [6.07, 6.45) is 1.47. The van der Waals surface area contributed by atoms with E-state index in [1.165, 1.54) is 24.3 Å². The van der Waals surface area contributed by atoms with Crippen LogP contribution in [-0.4, -0.2) is 34.2 Å². The summed E-state index contributed by atoms with van der Waals surface area (Å²) >= 11 is 5.91. The number of nitrogens with one attached hydrogen (secondary N) is 1. The lowest BCUT2D eigenvalue weighted by Crippen LogP contribution is -2.40. The molecule has 8 heteroatoms. The minimum Gasteiger partial charge on any atom is -0.339 e. The second-order valence-corrected chi connectivity index (χ2v) is 7.10. The molecule has 2 heterocycles. The maximum Gasteiger partial charge on any atom is 0.321 e. The molecule has 3 aromatic rings. The van der Waals surface area contributed by atoms with Crippen LogP contribution in [0.3, 0.4) is 0 Å². The fourth-order valence-corrected chi connectivity index (χ4v) is 3.31. The van der Waals surface area contributed by atoms with E-state index >= 15 is 0 Å². The number of anilines is 1. The Hall–Kier alpha value is -2.93. The van der Waals surface area contributed by atoms with E-state index in [9.17, 15) is 9.18 Å². The van der Waals surface area contributed by atoms with Gasteiger partial charge in [-0.2, -0.15) is 4.98 Å². The molecule has 1 aromatic heterocycles. The maximum absolute atomic E-state index is 13.0. The number of nitrogens with zero attached hydrogens (tertiary/aromatic N) is 3. The van der Waals surface area contributed by atoms with E-state index in [1.54, 1.807) is 17.0 Å². The molecular formula is C20H18ClFN4O2. The standard InChI is InChI=1S/C20H18ClFN4O2/c21-15-3-1-13(2-4-15)18-24-19(28-25-18)14-9-11-26(12-10-14)20(27)23-17-7-5-16(22)6-8-17/h1-8,14H,9-12H2,(H,23,27). The fraction of sp³-hybridized carbons (Fsp3) is 0.250. The summed E-state index contributed by atoms with van der Waals surface area (Å²) in [6, 6.07) is 12.8. The van der Waals surface area contributed by atoms with Gasteiger partial charge in [0.1, 0.15) is 5.82 Å². The summed E-state index contributed by atoms with van der Waals surface area (Å²) in [5.74, 6) is 0.895. The van der Waals surface area contributed by atoms with E-state index in [4.69, 9.17) is 16.1 Å². The predicted octanol–water partition coefficient (Wildman–Crippen LogP) is 4.94. The van der Waals surface area contributed by atoms with Crippen molar-refractivity contribution in [1.29, 1.82) is 0 Å². The van der Waals surface area contributed by atoms with Crippen LogP contribution in [0, 0.1) is 5.82 Å². The summed E-state index contributed by atoms with van der Waals surface area (Å²) in [7, 11) is 0. The highest BCUT2D eigenvalue weighted by Crippen LogP contribution is 2.29. The zero-order chi connectivity index (χ0) is 19.5. The molecule has 144 valence electrons. The van der Waals surface area contributed by atoms with Gasteiger partial charge in [0, 0.05) is 35.3 Å². The van der Waals surface area contributed by atoms with Gasteiger partial charge in [-0.25, -0.2) is 9.18 Å². The number of rotatable bonds is 3. The Bertz CT molecular complexity index is 951. The van der Waals surface area contributed by atoms with Crippen LogP contribution in [0.1, 0.15) is 24.7 Å². The molecule has 2 amide bonds. The van der Waals surface area contributed by atoms with Gasteiger partial charge in [0.05, 0.1) is 0 Å². The Kier molecular flexibility index (Phi) is 5.25. The van der Waals surface area contributed by atoms with Crippen molar-refractivity contribution in [2.24, 2.45) is 0 Å². The Labute approximate surface area is 166 Å². The van der Waals surface area contributed by atoms with Gasteiger partial charge in [-0.05, 0) is 61.4 Å². The predicted molar refractivity (Wildman–Crippen MR) is 104 cm³/mol. The summed E-state index contributed by atoms with van der Waals surface area (Å²) < 4.78 is 18.4. The topological polar surface area (TPSA) is 71.3 Å². The first-order valence-electron chi connectivity index (χ1n) is 8.99. The van der Waals surface area contributed by atoms with E-state index in [-0.39, 0.29) is 17.8 Å². The van der Waals surface area contributed by atoms with Crippen LogP contribution < -0.4 is 5.32 Å². The summed E-state index contributed by atoms with van der Waals surface area (Å²) in [6.45, 7) is 1.16. The Morgan fingerprint density at radius 3 is 2.46 bits per heavy atom. The quantitative estimate of drug-likeness (QED) is 0.675. The molecule has 0 spiro atoms. The highest BCUT2D eigenvalue weighted by Gasteiger charge is 2.27. The summed E-state index contributed by atoms with van der Waals surface area (Å²) in [4.78, 5) is 18.6. The average Bonchev–Trinajstić information content (AvgIpc) is 3.20. The number of hydrogen-bond donors (Lipinski definition) is 1. The molecule has 0 atom stereocenters. The monoisotopic (exact) mass is 400 g/mol. The minimum atomic E-state index is -0.337. The lowest BCUT2D eigenvalue weighted by Gasteiger charge is -2.30. The van der Waals surface area contributed by atoms with Gasteiger partial charge >= 0.3 is 6.03 Å². The second-order valence-electron chi connectivity index (χ2n) is 6.66. The highest BCUT2D eigenvalue weighted by molar-refractivity contribution is 6.30. The number of aromatic nitrogens is 2. The fourth-order valence-electron chi connectivity index (χ4n) is 3.18. The van der Waals surface area contributed by atoms with Crippen molar-refractivity contribution in [3.8, 4) is 11.4 Å². The van der Waals surface area contributed by atoms with Gasteiger partial charge in [0.2, 0.25) is 11.7 Å². The van der Waals surface area contributed by atoms with E-state index in [1.807, 2.05) is 12.1 Å². The van der Waals surface area contributed by atoms with Crippen molar-refractivity contribution < 1.29 is 13.7 Å². The number of carbonyl (C=O) groups is 1. The van der Waals surface area contributed by atoms with E-state index < -0.39 is 0 Å². The van der Waals surface area contributed by atoms with Crippen molar-refractivity contribution in [1.82, 2.24) is 15.0 Å². The van der Waals surface area contributed by atoms with Crippen molar-refractivity contribution >= 4 is 23.3 Å². The molecule has 28 heavy (non-hydrogen) atoms. The maximum atomic E-state index is 13.0. The first kappa shape index (κ1) is 18.4. The molecular weight excluding hydrogens is 383 g/mol. The van der Waals surface area contributed by atoms with Crippen molar-refractivity contribution in [2.75, 3.05) is 18.4 Å². The smallest absolute Gasteiger partial charge is 0.321 e. The minimum absolute atomic E-state index is 0.114. The van der Waals surface area contributed by atoms with Crippen molar-refractivity contribution in [2.45, 2.75) is 18.8 Å². The van der Waals surface area contributed by atoms with Gasteiger partial charge in [-0.15, -0.1) is 0 Å². The first-order chi connectivity index (χ1) is 13.6. The lowest BCUT2D eigenvalue weighted by molar-refractivity contribution is 0.187. The van der Waals surface area contributed by atoms with Gasteiger partial charge in [-0.3, -0.25) is 0 Å². The molecule has 1 aliphatic heterocycles. The van der Waals surface area contributed by atoms with Crippen LogP contribution in [0.5, 0.6) is 0 Å². The SMILES string of the molecule is O=C(Nc1ccc(F)cc1)N1CCC(c2nc(-c3ccc(Cl)cc3)no2)CC1. The van der Waals surface area contributed by atoms with Crippen LogP contribution in [0.2, 0.25) is 5.02 Å². The molecule has 2 aromatic carbocycles. The molecule has 0 unspecified atom stereocenters. The normalized spacial score (nSPS) is 14.9. The number of benzene rings is 2. The highest BCUT2D eigenvalue weighted by atomic mass is 35.5. The third-order valence-corrected chi connectivity index (χ3v) is 5.02. The Morgan fingerprint density at radius 2 is 1.79 bits per heavy atom. The van der Waals surface area contributed by atoms with E-state index in [0.29, 0.717) is 35.5 Å². The molecule has 1 N–H and O–H groups in total. The van der Waals surface area contributed by atoms with Crippen LogP contribution in [-0.2, 0) is 0 Å². The number of hydrogen-bond acceptors (Lipinski definition) is 4. The van der Waals surface area contributed by atoms with E-state index in [0.717, 1.165) is 18.4 Å². The largest absolute Gasteiger partial charge is 0.339 e. The number of amides is 2. The molecule has 1 saturated heterocycles. The Morgan fingerprint density at radius 1 is 1.11 bits per heavy atom. The first-order valence-corrected chi connectivity index (χ1v) is 9.37. The van der Waals surface area contributed by atoms with Crippen LogP contribution >= 0.6 is 11.6 Å². The zero-order valence-electron chi connectivity index (χ0n) is 14.9. The lowest BCUT2D eigenvalue weighted by atomic mass is 9.97. The molecule has 1 aliphatic rings. The summed E-state index contributed by atoms with van der Waals surface area (Å²) in [5.41, 5.74) is 1.41. The van der Waals surface area contributed by atoms with Crippen LogP contribution in [0.4, 0.5) is 14.9 Å². The van der Waals surface area contributed by atoms with Crippen LogP contribution in [0.15, 0.2) is 53.1 Å². The van der Waals surface area contributed by atoms with Crippen molar-refractivity contribution in [3.63, 3.8) is 0 Å². The molecule has 0 radical (unpaired) electrons. The number of likely N-dealkylation sites (tertiary alicyclic amines) is 1. The van der Waals surface area contributed by atoms with Gasteiger partial charge in [0.15, 0.2) is 0 Å². The third-order valence-electron chi connectivity index (χ3n) is 4.77. The third kappa shape index (κ3) is 4.14. The van der Waals surface area contributed by atoms with Crippen molar-refractivity contribution in [3.05, 3.63) is 65.3 Å².